The number of benzene rings is 1. The molecule has 0 heterocycles. The molecule has 2 heteroatoms. The fraction of sp³-hybridized carbons (Fsp3) is 0.429. The van der Waals surface area contributed by atoms with E-state index >= 15 is 0 Å². The van der Waals surface area contributed by atoms with E-state index < -0.39 is 0 Å². The van der Waals surface area contributed by atoms with E-state index in [0.717, 1.165) is 11.0 Å². The highest BCUT2D eigenvalue weighted by Crippen LogP contribution is 2.26. The molecule has 0 aliphatic rings. The molecule has 0 bridgehead atoms. The zero-order valence-electron chi connectivity index (χ0n) is 10.3. The molecule has 1 aromatic rings. The first kappa shape index (κ1) is 13.5. The number of halogens is 1. The van der Waals surface area contributed by atoms with Crippen LogP contribution in [0.1, 0.15) is 26.3 Å². The van der Waals surface area contributed by atoms with Crippen molar-refractivity contribution in [1.82, 2.24) is 5.32 Å². The van der Waals surface area contributed by atoms with Gasteiger partial charge in [-0.15, -0.1) is 0 Å². The second kappa shape index (κ2) is 5.65. The van der Waals surface area contributed by atoms with Gasteiger partial charge in [0.25, 0.3) is 0 Å². The van der Waals surface area contributed by atoms with Crippen LogP contribution in [0.2, 0.25) is 0 Å². The van der Waals surface area contributed by atoms with Gasteiger partial charge in [-0.25, -0.2) is 0 Å². The van der Waals surface area contributed by atoms with Crippen molar-refractivity contribution >= 4 is 15.9 Å². The van der Waals surface area contributed by atoms with Gasteiger partial charge < -0.3 is 5.32 Å². The lowest BCUT2D eigenvalue weighted by Gasteiger charge is -2.33. The number of nitrogens with one attached hydrogen (secondary N) is 1. The summed E-state index contributed by atoms with van der Waals surface area (Å²) in [7, 11) is 0. The van der Waals surface area contributed by atoms with E-state index in [1.165, 1.54) is 5.56 Å². The zero-order valence-corrected chi connectivity index (χ0v) is 11.8. The van der Waals surface area contributed by atoms with Crippen LogP contribution in [0.3, 0.4) is 0 Å². The Kier molecular flexibility index (Phi) is 4.75. The summed E-state index contributed by atoms with van der Waals surface area (Å²) in [6.45, 7) is 11.4. The average Bonchev–Trinajstić information content (AvgIpc) is 2.27. The van der Waals surface area contributed by atoms with Crippen LogP contribution in [-0.2, 0) is 5.41 Å². The fourth-order valence-corrected chi connectivity index (χ4v) is 1.80. The van der Waals surface area contributed by atoms with Crippen molar-refractivity contribution in [3.63, 3.8) is 0 Å². The molecule has 0 fully saturated rings. The summed E-state index contributed by atoms with van der Waals surface area (Å²) in [6.07, 6.45) is 0. The predicted molar refractivity (Wildman–Crippen MR) is 75.0 cm³/mol. The molecule has 0 aliphatic heterocycles. The van der Waals surface area contributed by atoms with Gasteiger partial charge in [0.2, 0.25) is 0 Å². The quantitative estimate of drug-likeness (QED) is 0.865. The summed E-state index contributed by atoms with van der Waals surface area (Å²) in [6, 6.07) is 11.0. The Morgan fingerprint density at radius 3 is 2.44 bits per heavy atom. The molecular weight excluding hydrogens is 262 g/mol. The van der Waals surface area contributed by atoms with Crippen molar-refractivity contribution in [2.24, 2.45) is 0 Å². The maximum atomic E-state index is 3.84. The van der Waals surface area contributed by atoms with Gasteiger partial charge in [-0.2, -0.15) is 0 Å². The fourth-order valence-electron chi connectivity index (χ4n) is 1.64. The normalized spacial score (nSPS) is 13.5. The van der Waals surface area contributed by atoms with Crippen molar-refractivity contribution in [1.29, 1.82) is 0 Å². The van der Waals surface area contributed by atoms with Gasteiger partial charge >= 0.3 is 0 Å². The van der Waals surface area contributed by atoms with Gasteiger partial charge in [0.15, 0.2) is 0 Å². The minimum absolute atomic E-state index is 0.115. The summed E-state index contributed by atoms with van der Waals surface area (Å²) in [4.78, 5) is 0. The van der Waals surface area contributed by atoms with Gasteiger partial charge in [-0.3, -0.25) is 0 Å². The third kappa shape index (κ3) is 3.46. The van der Waals surface area contributed by atoms with E-state index in [1.807, 2.05) is 0 Å². The molecule has 0 aromatic heterocycles. The van der Waals surface area contributed by atoms with Crippen LogP contribution >= 0.6 is 15.9 Å². The van der Waals surface area contributed by atoms with E-state index in [9.17, 15) is 0 Å². The molecule has 0 spiro atoms. The first-order valence-corrected chi connectivity index (χ1v) is 6.36. The number of hydrogen-bond acceptors (Lipinski definition) is 1. The predicted octanol–water partition coefficient (Wildman–Crippen LogP) is 3.85. The first-order chi connectivity index (χ1) is 7.44. The van der Waals surface area contributed by atoms with Crippen molar-refractivity contribution in [3.8, 4) is 0 Å². The molecule has 88 valence electrons. The van der Waals surface area contributed by atoms with Crippen molar-refractivity contribution < 1.29 is 0 Å². The molecule has 0 amide bonds. The largest absolute Gasteiger partial charge is 0.309 e. The van der Waals surface area contributed by atoms with E-state index in [1.54, 1.807) is 0 Å². The highest BCUT2D eigenvalue weighted by atomic mass is 79.9. The Morgan fingerprint density at radius 1 is 1.38 bits per heavy atom. The van der Waals surface area contributed by atoms with Gasteiger partial charge in [-0.05, 0) is 12.5 Å². The molecule has 1 nitrogen and oxygen atoms in total. The van der Waals surface area contributed by atoms with Crippen molar-refractivity contribution in [2.45, 2.75) is 32.2 Å². The second-order valence-electron chi connectivity index (χ2n) is 4.71. The second-order valence-corrected chi connectivity index (χ2v) is 5.83. The van der Waals surface area contributed by atoms with Gasteiger partial charge in [0, 0.05) is 22.5 Å². The lowest BCUT2D eigenvalue weighted by atomic mass is 9.78. The molecule has 0 radical (unpaired) electrons. The molecule has 0 saturated heterocycles. The Morgan fingerprint density at radius 2 is 1.94 bits per heavy atom. The molecule has 0 aliphatic carbocycles. The Balaban J connectivity index is 2.73. The molecule has 1 aromatic carbocycles. The lowest BCUT2D eigenvalue weighted by molar-refractivity contribution is 0.373. The Labute approximate surface area is 107 Å². The highest BCUT2D eigenvalue weighted by Gasteiger charge is 2.27. The molecule has 1 unspecified atom stereocenters. The van der Waals surface area contributed by atoms with E-state index in [2.05, 4.69) is 78.9 Å². The first-order valence-electron chi connectivity index (χ1n) is 5.57. The Hall–Kier alpha value is -0.600. The van der Waals surface area contributed by atoms with Gasteiger partial charge in [-0.1, -0.05) is 66.7 Å². The monoisotopic (exact) mass is 281 g/mol. The molecular formula is C14H20BrN. The van der Waals surface area contributed by atoms with Crippen LogP contribution in [0.15, 0.2) is 41.4 Å². The highest BCUT2D eigenvalue weighted by molar-refractivity contribution is 9.11. The average molecular weight is 282 g/mol. The SMILES string of the molecule is C=C(Br)CNC(C)C(C)(C)c1ccccc1. The maximum Gasteiger partial charge on any atom is 0.0268 e. The summed E-state index contributed by atoms with van der Waals surface area (Å²) >= 11 is 3.37. The van der Waals surface area contributed by atoms with Crippen LogP contribution in [0.4, 0.5) is 0 Å². The van der Waals surface area contributed by atoms with E-state index in [4.69, 9.17) is 0 Å². The van der Waals surface area contributed by atoms with Crippen LogP contribution in [-0.4, -0.2) is 12.6 Å². The van der Waals surface area contributed by atoms with E-state index in [0.29, 0.717) is 6.04 Å². The molecule has 0 saturated carbocycles. The van der Waals surface area contributed by atoms with Crippen LogP contribution < -0.4 is 5.32 Å². The van der Waals surface area contributed by atoms with Gasteiger partial charge in [0.1, 0.15) is 0 Å². The summed E-state index contributed by atoms with van der Waals surface area (Å²) in [5.41, 5.74) is 1.47. The van der Waals surface area contributed by atoms with Crippen molar-refractivity contribution in [2.75, 3.05) is 6.54 Å². The van der Waals surface area contributed by atoms with Crippen LogP contribution in [0.25, 0.3) is 0 Å². The Bertz CT molecular complexity index is 343. The lowest BCUT2D eigenvalue weighted by Crippen LogP contribution is -2.43. The topological polar surface area (TPSA) is 12.0 Å². The molecule has 1 atom stereocenters. The minimum Gasteiger partial charge on any atom is -0.309 e. The molecule has 16 heavy (non-hydrogen) atoms. The van der Waals surface area contributed by atoms with Crippen LogP contribution in [0.5, 0.6) is 0 Å². The third-order valence-corrected chi connectivity index (χ3v) is 3.48. The van der Waals surface area contributed by atoms with Gasteiger partial charge in [0.05, 0.1) is 0 Å². The molecule has 1 N–H and O–H groups in total. The standard InChI is InChI=1S/C14H20BrN/c1-11(15)10-16-12(2)14(3,4)13-8-6-5-7-9-13/h5-9,12,16H,1,10H2,2-4H3. The van der Waals surface area contributed by atoms with Crippen LogP contribution in [0, 0.1) is 0 Å². The zero-order chi connectivity index (χ0) is 12.2. The van der Waals surface area contributed by atoms with Crippen molar-refractivity contribution in [3.05, 3.63) is 47.0 Å². The molecule has 1 rings (SSSR count). The third-order valence-electron chi connectivity index (χ3n) is 3.20. The number of rotatable bonds is 5. The minimum atomic E-state index is 0.115. The summed E-state index contributed by atoms with van der Waals surface area (Å²) in [5, 5.41) is 3.47. The maximum absolute atomic E-state index is 3.84. The number of hydrogen-bond donors (Lipinski definition) is 1. The summed E-state index contributed by atoms with van der Waals surface area (Å²) in [5.74, 6) is 0. The smallest absolute Gasteiger partial charge is 0.0268 e. The summed E-state index contributed by atoms with van der Waals surface area (Å²) < 4.78 is 0.989. The van der Waals surface area contributed by atoms with E-state index in [-0.39, 0.29) is 5.41 Å².